The van der Waals surface area contributed by atoms with Crippen LogP contribution in [0.25, 0.3) is 93.5 Å². The molecule has 0 unspecified atom stereocenters. The van der Waals surface area contributed by atoms with Crippen molar-refractivity contribution in [1.82, 2.24) is 4.57 Å². The van der Waals surface area contributed by atoms with Crippen molar-refractivity contribution in [1.29, 1.82) is 0 Å². The van der Waals surface area contributed by atoms with Crippen molar-refractivity contribution in [3.05, 3.63) is 309 Å². The van der Waals surface area contributed by atoms with E-state index >= 15 is 0 Å². The molecule has 1 heterocycles. The lowest BCUT2D eigenvalue weighted by atomic mass is 9.92. The van der Waals surface area contributed by atoms with Crippen LogP contribution in [0.15, 0.2) is 309 Å². The van der Waals surface area contributed by atoms with E-state index in [0.717, 1.165) is 56.5 Å². The summed E-state index contributed by atoms with van der Waals surface area (Å²) in [6, 6.07) is 113. The summed E-state index contributed by atoms with van der Waals surface area (Å²) in [5.41, 5.74) is 19.0. The zero-order valence-electron chi connectivity index (χ0n) is 42.3. The van der Waals surface area contributed by atoms with Crippen LogP contribution in [0.2, 0.25) is 0 Å². The molecule has 0 spiro atoms. The topological polar surface area (TPSA) is 11.4 Å². The smallest absolute Gasteiger partial charge is 0.0561 e. The van der Waals surface area contributed by atoms with Crippen molar-refractivity contribution in [2.75, 3.05) is 9.80 Å². The summed E-state index contributed by atoms with van der Waals surface area (Å²) in [6.45, 7) is 0. The molecule has 0 saturated heterocycles. The monoisotopic (exact) mass is 981 g/mol. The number of aromatic nitrogens is 1. The number of nitrogens with zero attached hydrogens (tertiary/aromatic N) is 3. The van der Waals surface area contributed by atoms with E-state index in [4.69, 9.17) is 0 Å². The highest BCUT2D eigenvalue weighted by Gasteiger charge is 2.23. The predicted octanol–water partition coefficient (Wildman–Crippen LogP) is 20.7. The van der Waals surface area contributed by atoms with Crippen LogP contribution in [0, 0.1) is 0 Å². The highest BCUT2D eigenvalue weighted by atomic mass is 15.2. The van der Waals surface area contributed by atoms with E-state index in [1.807, 2.05) is 0 Å². The van der Waals surface area contributed by atoms with Gasteiger partial charge in [0.05, 0.1) is 11.0 Å². The van der Waals surface area contributed by atoms with E-state index in [1.54, 1.807) is 0 Å². The van der Waals surface area contributed by atoms with Crippen LogP contribution in [0.1, 0.15) is 0 Å². The van der Waals surface area contributed by atoms with E-state index in [-0.39, 0.29) is 0 Å². The summed E-state index contributed by atoms with van der Waals surface area (Å²) >= 11 is 0. The third kappa shape index (κ3) is 8.47. The first-order valence-electron chi connectivity index (χ1n) is 26.4. The van der Waals surface area contributed by atoms with Gasteiger partial charge in [-0.2, -0.15) is 0 Å². The molecule has 0 radical (unpaired) electrons. The molecule has 362 valence electrons. The Labute approximate surface area is 449 Å². The van der Waals surface area contributed by atoms with E-state index in [1.165, 1.54) is 71.2 Å². The minimum absolute atomic E-state index is 1.02. The van der Waals surface area contributed by atoms with Gasteiger partial charge < -0.3 is 14.4 Å². The number of hydrogen-bond acceptors (Lipinski definition) is 2. The summed E-state index contributed by atoms with van der Waals surface area (Å²) in [6.07, 6.45) is 0. The highest BCUT2D eigenvalue weighted by molar-refractivity contribution is 6.14. The first-order chi connectivity index (χ1) is 38.2. The van der Waals surface area contributed by atoms with Gasteiger partial charge in [0, 0.05) is 50.6 Å². The molecule has 0 atom stereocenters. The molecule has 14 rings (SSSR count). The quantitative estimate of drug-likeness (QED) is 0.120. The second kappa shape index (κ2) is 19.6. The molecule has 0 N–H and O–H groups in total. The van der Waals surface area contributed by atoms with Crippen LogP contribution in [0.5, 0.6) is 0 Å². The average molecular weight is 982 g/mol. The van der Waals surface area contributed by atoms with E-state index in [2.05, 4.69) is 324 Å². The van der Waals surface area contributed by atoms with Crippen LogP contribution < -0.4 is 9.80 Å². The standard InChI is InChI=1S/C74H51N3/c1-5-19-52(20-6-1)55-33-39-61(40-34-55)75(62-41-35-56(36-42-62)53-21-7-2-8-22-53)65-47-59(72-49-58-25-13-14-28-67(58)68-29-15-16-30-69(68)72)48-66(50-65)76(63-43-37-57(38-44-63)54-23-9-3-10-24-54)64-45-46-71-70-31-17-18-32-73(70)77(74(71)51-64)60-26-11-4-12-27-60/h1-51H. The number of fused-ring (bicyclic) bond motifs is 6. The van der Waals surface area contributed by atoms with Gasteiger partial charge in [-0.1, -0.05) is 218 Å². The van der Waals surface area contributed by atoms with E-state index in [9.17, 15) is 0 Å². The molecule has 13 aromatic carbocycles. The minimum Gasteiger partial charge on any atom is -0.310 e. The van der Waals surface area contributed by atoms with Crippen molar-refractivity contribution >= 4 is 77.5 Å². The molecule has 0 amide bonds. The lowest BCUT2D eigenvalue weighted by Gasteiger charge is -2.31. The molecule has 0 aliphatic heterocycles. The van der Waals surface area contributed by atoms with Gasteiger partial charge >= 0.3 is 0 Å². The Morgan fingerprint density at radius 2 is 0.597 bits per heavy atom. The first kappa shape index (κ1) is 45.4. The van der Waals surface area contributed by atoms with Gasteiger partial charge in [0.1, 0.15) is 0 Å². The molecule has 77 heavy (non-hydrogen) atoms. The molecule has 0 aliphatic carbocycles. The Morgan fingerprint density at radius 3 is 1.13 bits per heavy atom. The molecule has 0 aliphatic rings. The Bertz CT molecular complexity index is 4310. The van der Waals surface area contributed by atoms with Gasteiger partial charge in [0.15, 0.2) is 0 Å². The second-order valence-corrected chi connectivity index (χ2v) is 19.7. The summed E-state index contributed by atoms with van der Waals surface area (Å²) in [7, 11) is 0. The van der Waals surface area contributed by atoms with Gasteiger partial charge in [0.2, 0.25) is 0 Å². The molecular weight excluding hydrogens is 931 g/mol. The molecular formula is C74H51N3. The summed E-state index contributed by atoms with van der Waals surface area (Å²) in [5.74, 6) is 0. The Kier molecular flexibility index (Phi) is 11.5. The van der Waals surface area contributed by atoms with Crippen molar-refractivity contribution in [2.24, 2.45) is 0 Å². The van der Waals surface area contributed by atoms with E-state index < -0.39 is 0 Å². The van der Waals surface area contributed by atoms with Gasteiger partial charge in [-0.3, -0.25) is 0 Å². The summed E-state index contributed by atoms with van der Waals surface area (Å²) in [4.78, 5) is 4.87. The fourth-order valence-corrected chi connectivity index (χ4v) is 11.5. The van der Waals surface area contributed by atoms with E-state index in [0.29, 0.717) is 0 Å². The van der Waals surface area contributed by atoms with Crippen molar-refractivity contribution in [2.45, 2.75) is 0 Å². The highest BCUT2D eigenvalue weighted by Crippen LogP contribution is 2.47. The second-order valence-electron chi connectivity index (χ2n) is 19.7. The fraction of sp³-hybridized carbons (Fsp3) is 0. The number of anilines is 6. The first-order valence-corrected chi connectivity index (χ1v) is 26.4. The molecule has 3 heteroatoms. The maximum absolute atomic E-state index is 2.45. The average Bonchev–Trinajstić information content (AvgIpc) is 3.93. The molecule has 0 bridgehead atoms. The number of para-hydroxylation sites is 2. The van der Waals surface area contributed by atoms with Crippen LogP contribution >= 0.6 is 0 Å². The third-order valence-corrected chi connectivity index (χ3v) is 15.1. The van der Waals surface area contributed by atoms with Gasteiger partial charge in [-0.05, 0) is 157 Å². The lowest BCUT2D eigenvalue weighted by molar-refractivity contribution is 1.18. The van der Waals surface area contributed by atoms with Crippen LogP contribution in [-0.4, -0.2) is 4.57 Å². The maximum atomic E-state index is 2.45. The predicted molar refractivity (Wildman–Crippen MR) is 327 cm³/mol. The molecule has 0 fully saturated rings. The number of benzene rings is 13. The summed E-state index contributed by atoms with van der Waals surface area (Å²) < 4.78 is 2.41. The largest absolute Gasteiger partial charge is 0.310 e. The summed E-state index contributed by atoms with van der Waals surface area (Å²) in [5, 5.41) is 7.29. The zero-order valence-corrected chi connectivity index (χ0v) is 42.3. The Balaban J connectivity index is 1.04. The van der Waals surface area contributed by atoms with Crippen molar-refractivity contribution in [3.8, 4) is 50.2 Å². The Hall–Kier alpha value is -10.2. The molecule has 0 saturated carbocycles. The number of hydrogen-bond donors (Lipinski definition) is 0. The van der Waals surface area contributed by atoms with Crippen LogP contribution in [-0.2, 0) is 0 Å². The minimum atomic E-state index is 1.02. The van der Waals surface area contributed by atoms with Gasteiger partial charge in [0.25, 0.3) is 0 Å². The maximum Gasteiger partial charge on any atom is 0.0561 e. The fourth-order valence-electron chi connectivity index (χ4n) is 11.5. The van der Waals surface area contributed by atoms with Crippen molar-refractivity contribution in [3.63, 3.8) is 0 Å². The lowest BCUT2D eigenvalue weighted by Crippen LogP contribution is -2.14. The Morgan fingerprint density at radius 1 is 0.208 bits per heavy atom. The van der Waals surface area contributed by atoms with Gasteiger partial charge in [-0.15, -0.1) is 0 Å². The molecule has 14 aromatic rings. The van der Waals surface area contributed by atoms with Gasteiger partial charge in [-0.25, -0.2) is 0 Å². The number of rotatable bonds is 11. The molecule has 1 aromatic heterocycles. The zero-order chi connectivity index (χ0) is 51.1. The normalized spacial score (nSPS) is 11.4. The van der Waals surface area contributed by atoms with Crippen LogP contribution in [0.4, 0.5) is 34.1 Å². The SMILES string of the molecule is c1ccc(-c2ccc(N(c3ccc(-c4ccccc4)cc3)c3cc(-c4cc5ccccc5c5ccccc45)cc(N(c4ccc(-c5ccccc5)cc4)c4ccc5c6ccccc6n(-c6ccccc6)c5c4)c3)cc2)cc1. The molecule has 3 nitrogen and oxygen atoms in total. The van der Waals surface area contributed by atoms with Crippen LogP contribution in [0.3, 0.4) is 0 Å². The third-order valence-electron chi connectivity index (χ3n) is 15.1. The van der Waals surface area contributed by atoms with Crippen molar-refractivity contribution < 1.29 is 0 Å².